The number of anilines is 3. The quantitative estimate of drug-likeness (QED) is 0.240. The normalized spacial score (nSPS) is 26.1. The number of carbonyl (C=O) groups excluding carboxylic acids is 3. The Kier molecular flexibility index (Phi) is 7.42. The maximum absolute atomic E-state index is 16.4. The standard InChI is InChI=1S/C40H40FN3O5/c1-24-36(39(2,3)41)33(21-34(46)42-19-9-14-28(42)23-45)49-40(24)30-20-27(17-18-31(30)43(38(40)48)22-25-10-5-4-6-11-25)44-32-16-8-13-26-12-7-15-29(35(26)32)37(44)47/h4-8,10-13,15-18,20,24,28,33,36,45H,9,14,19,21-23H2,1-3H3/t24-,28-,33+,36-,40+/m0/s1. The zero-order valence-electron chi connectivity index (χ0n) is 27.9. The van der Waals surface area contributed by atoms with Gasteiger partial charge in [0.2, 0.25) is 5.91 Å². The molecule has 3 amide bonds. The van der Waals surface area contributed by atoms with Crippen molar-refractivity contribution in [2.45, 2.75) is 70.0 Å². The van der Waals surface area contributed by atoms with Crippen LogP contribution in [-0.4, -0.2) is 58.7 Å². The van der Waals surface area contributed by atoms with E-state index in [1.54, 1.807) is 14.7 Å². The number of fused-ring (bicyclic) bond motifs is 2. The Morgan fingerprint density at radius 2 is 1.76 bits per heavy atom. The van der Waals surface area contributed by atoms with Gasteiger partial charge >= 0.3 is 0 Å². The molecule has 8 nitrogen and oxygen atoms in total. The fourth-order valence-corrected chi connectivity index (χ4v) is 9.11. The lowest BCUT2D eigenvalue weighted by Crippen LogP contribution is -2.45. The first kappa shape index (κ1) is 31.7. The Bertz CT molecular complexity index is 1990. The maximum Gasteiger partial charge on any atom is 0.264 e. The van der Waals surface area contributed by atoms with Gasteiger partial charge in [0.05, 0.1) is 48.7 Å². The van der Waals surface area contributed by atoms with Crippen LogP contribution in [0.2, 0.25) is 0 Å². The molecular formula is C40H40FN3O5. The van der Waals surface area contributed by atoms with Gasteiger partial charge in [-0.2, -0.15) is 0 Å². The van der Waals surface area contributed by atoms with E-state index in [1.165, 1.54) is 13.8 Å². The predicted molar refractivity (Wildman–Crippen MR) is 185 cm³/mol. The predicted octanol–water partition coefficient (Wildman–Crippen LogP) is 6.65. The van der Waals surface area contributed by atoms with E-state index >= 15 is 4.39 Å². The number of hydrogen-bond donors (Lipinski definition) is 1. The first-order chi connectivity index (χ1) is 23.5. The summed E-state index contributed by atoms with van der Waals surface area (Å²) in [6, 6.07) is 26.5. The molecule has 252 valence electrons. The summed E-state index contributed by atoms with van der Waals surface area (Å²) in [5.41, 5.74) is 0.677. The Hall–Kier alpha value is -4.60. The van der Waals surface area contributed by atoms with Crippen molar-refractivity contribution < 1.29 is 28.6 Å². The first-order valence-electron chi connectivity index (χ1n) is 17.2. The van der Waals surface area contributed by atoms with E-state index in [1.807, 2.05) is 91.9 Å². The summed E-state index contributed by atoms with van der Waals surface area (Å²) in [6.45, 7) is 5.48. The number of hydrogen-bond acceptors (Lipinski definition) is 5. The van der Waals surface area contributed by atoms with Crippen LogP contribution in [0.1, 0.15) is 61.5 Å². The number of amides is 3. The zero-order chi connectivity index (χ0) is 34.2. The highest BCUT2D eigenvalue weighted by atomic mass is 19.1. The maximum atomic E-state index is 16.4. The summed E-state index contributed by atoms with van der Waals surface area (Å²) in [6.07, 6.45) is 0.494. The van der Waals surface area contributed by atoms with Gasteiger partial charge in [0, 0.05) is 35.0 Å². The van der Waals surface area contributed by atoms with E-state index in [0.717, 1.165) is 28.4 Å². The van der Waals surface area contributed by atoms with E-state index < -0.39 is 29.2 Å². The molecule has 4 aliphatic heterocycles. The molecule has 0 unspecified atom stereocenters. The number of carbonyl (C=O) groups is 3. The lowest BCUT2D eigenvalue weighted by atomic mass is 9.71. The minimum atomic E-state index is -1.79. The van der Waals surface area contributed by atoms with Gasteiger partial charge in [-0.3, -0.25) is 19.3 Å². The van der Waals surface area contributed by atoms with Crippen LogP contribution in [0, 0.1) is 11.8 Å². The van der Waals surface area contributed by atoms with Crippen molar-refractivity contribution in [1.29, 1.82) is 0 Å². The topological polar surface area (TPSA) is 90.4 Å². The number of aliphatic hydroxyl groups is 1. The minimum Gasteiger partial charge on any atom is -0.394 e. The number of halogens is 1. The Morgan fingerprint density at radius 3 is 2.49 bits per heavy atom. The van der Waals surface area contributed by atoms with Crippen molar-refractivity contribution in [2.24, 2.45) is 11.8 Å². The third-order valence-corrected chi connectivity index (χ3v) is 11.2. The van der Waals surface area contributed by atoms with Crippen LogP contribution in [0.15, 0.2) is 84.9 Å². The van der Waals surface area contributed by atoms with E-state index in [4.69, 9.17) is 4.74 Å². The molecule has 4 heterocycles. The van der Waals surface area contributed by atoms with Gasteiger partial charge in [0.15, 0.2) is 5.60 Å². The summed E-state index contributed by atoms with van der Waals surface area (Å²) in [7, 11) is 0. The van der Waals surface area contributed by atoms with E-state index in [0.29, 0.717) is 35.5 Å². The van der Waals surface area contributed by atoms with Crippen LogP contribution in [-0.2, 0) is 26.5 Å². The Balaban J connectivity index is 1.25. The number of aliphatic hydroxyl groups excluding tert-OH is 1. The number of alkyl halides is 1. The van der Waals surface area contributed by atoms with Crippen LogP contribution in [0.4, 0.5) is 21.5 Å². The van der Waals surface area contributed by atoms with Crippen molar-refractivity contribution in [3.63, 3.8) is 0 Å². The molecule has 4 aromatic carbocycles. The van der Waals surface area contributed by atoms with Crippen LogP contribution < -0.4 is 9.80 Å². The molecule has 2 saturated heterocycles. The number of benzene rings is 4. The fraction of sp³-hybridized carbons (Fsp3) is 0.375. The average molecular weight is 662 g/mol. The molecule has 4 aromatic rings. The SMILES string of the molecule is C[C@H]1[C@H](C(C)(C)F)[C@@H](CC(=O)N2CCC[C@H]2CO)O[C@]12C(=O)N(Cc1ccccc1)c1ccc(N3C(=O)c4cccc5cccc3c45)cc12. The van der Waals surface area contributed by atoms with Crippen LogP contribution in [0.5, 0.6) is 0 Å². The summed E-state index contributed by atoms with van der Waals surface area (Å²) in [5.74, 6) is -2.14. The summed E-state index contributed by atoms with van der Waals surface area (Å²) in [5, 5.41) is 11.7. The lowest BCUT2D eigenvalue weighted by molar-refractivity contribution is -0.150. The molecule has 5 atom stereocenters. The van der Waals surface area contributed by atoms with Crippen molar-refractivity contribution in [3.8, 4) is 0 Å². The molecule has 4 aliphatic rings. The van der Waals surface area contributed by atoms with Crippen molar-refractivity contribution in [1.82, 2.24) is 4.90 Å². The average Bonchev–Trinajstić information content (AvgIpc) is 3.82. The monoisotopic (exact) mass is 661 g/mol. The first-order valence-corrected chi connectivity index (χ1v) is 17.2. The molecule has 1 N–H and O–H groups in total. The molecule has 49 heavy (non-hydrogen) atoms. The number of ether oxygens (including phenoxy) is 1. The summed E-state index contributed by atoms with van der Waals surface area (Å²) >= 11 is 0. The molecular weight excluding hydrogens is 621 g/mol. The van der Waals surface area contributed by atoms with Gasteiger partial charge in [-0.25, -0.2) is 4.39 Å². The smallest absolute Gasteiger partial charge is 0.264 e. The second-order valence-electron chi connectivity index (χ2n) is 14.4. The Labute approximate surface area is 285 Å². The largest absolute Gasteiger partial charge is 0.394 e. The highest BCUT2D eigenvalue weighted by molar-refractivity contribution is 6.28. The van der Waals surface area contributed by atoms with Crippen LogP contribution in [0.3, 0.4) is 0 Å². The van der Waals surface area contributed by atoms with Gasteiger partial charge in [0.25, 0.3) is 11.8 Å². The van der Waals surface area contributed by atoms with Crippen molar-refractivity contribution in [2.75, 3.05) is 23.0 Å². The van der Waals surface area contributed by atoms with Gasteiger partial charge in [-0.05, 0) is 68.0 Å². The fourth-order valence-electron chi connectivity index (χ4n) is 9.11. The summed E-state index contributed by atoms with van der Waals surface area (Å²) in [4.78, 5) is 47.7. The second-order valence-corrected chi connectivity index (χ2v) is 14.4. The van der Waals surface area contributed by atoms with E-state index in [9.17, 15) is 19.5 Å². The third kappa shape index (κ3) is 4.73. The van der Waals surface area contributed by atoms with Gasteiger partial charge in [0.1, 0.15) is 5.67 Å². The van der Waals surface area contributed by atoms with Crippen LogP contribution >= 0.6 is 0 Å². The molecule has 0 bridgehead atoms. The number of nitrogens with zero attached hydrogens (tertiary/aromatic N) is 3. The highest BCUT2D eigenvalue weighted by Crippen LogP contribution is 2.59. The van der Waals surface area contributed by atoms with E-state index in [2.05, 4.69) is 0 Å². The van der Waals surface area contributed by atoms with Crippen LogP contribution in [0.25, 0.3) is 10.8 Å². The number of likely N-dealkylation sites (tertiary alicyclic amines) is 1. The Morgan fingerprint density at radius 1 is 1.00 bits per heavy atom. The van der Waals surface area contributed by atoms with Gasteiger partial charge < -0.3 is 19.6 Å². The molecule has 8 rings (SSSR count). The molecule has 0 aliphatic carbocycles. The molecule has 9 heteroatoms. The molecule has 2 fully saturated rings. The zero-order valence-corrected chi connectivity index (χ0v) is 27.9. The van der Waals surface area contributed by atoms with Crippen molar-refractivity contribution in [3.05, 3.63) is 102 Å². The second kappa shape index (κ2) is 11.5. The number of rotatable bonds is 7. The molecule has 0 radical (unpaired) electrons. The third-order valence-electron chi connectivity index (χ3n) is 11.2. The van der Waals surface area contributed by atoms with Gasteiger partial charge in [-0.1, -0.05) is 61.5 Å². The van der Waals surface area contributed by atoms with Crippen molar-refractivity contribution >= 4 is 45.6 Å². The van der Waals surface area contributed by atoms with E-state index in [-0.39, 0.29) is 43.3 Å². The minimum absolute atomic E-state index is 0.108. The summed E-state index contributed by atoms with van der Waals surface area (Å²) < 4.78 is 23.3. The van der Waals surface area contributed by atoms with Gasteiger partial charge in [-0.15, -0.1) is 0 Å². The molecule has 1 spiro atoms. The lowest BCUT2D eigenvalue weighted by Gasteiger charge is -2.33. The highest BCUT2D eigenvalue weighted by Gasteiger charge is 2.66. The molecule has 0 saturated carbocycles. The molecule has 0 aromatic heterocycles.